The molecule has 0 radical (unpaired) electrons. The minimum absolute atomic E-state index is 0.454. The van der Waals surface area contributed by atoms with E-state index in [1.807, 2.05) is 54.7 Å². The van der Waals surface area contributed by atoms with Crippen LogP contribution < -0.4 is 4.74 Å². The highest BCUT2D eigenvalue weighted by Gasteiger charge is 2.36. The molecule has 0 fully saturated rings. The molecular weight excluding hydrogens is 470 g/mol. The van der Waals surface area contributed by atoms with Gasteiger partial charge in [-0.3, -0.25) is 4.98 Å². The van der Waals surface area contributed by atoms with Crippen LogP contribution in [0, 0.1) is 0 Å². The zero-order valence-electron chi connectivity index (χ0n) is 22.4. The van der Waals surface area contributed by atoms with Gasteiger partial charge in [0.2, 0.25) is 5.88 Å². The van der Waals surface area contributed by atoms with Crippen LogP contribution in [-0.2, 0) is 5.60 Å². The Kier molecular flexibility index (Phi) is 7.68. The maximum atomic E-state index is 12.7. The molecule has 194 valence electrons. The van der Waals surface area contributed by atoms with Crippen LogP contribution in [0.4, 0.5) is 0 Å². The zero-order chi connectivity index (χ0) is 26.5. The van der Waals surface area contributed by atoms with Gasteiger partial charge in [-0.1, -0.05) is 61.0 Å². The molecule has 0 bridgehead atoms. The summed E-state index contributed by atoms with van der Waals surface area (Å²) in [4.78, 5) is 11.3. The number of nitrogens with zero attached hydrogens (tertiary/aromatic N) is 3. The van der Waals surface area contributed by atoms with Gasteiger partial charge in [-0.05, 0) is 86.1 Å². The van der Waals surface area contributed by atoms with Crippen LogP contribution in [0.1, 0.15) is 36.8 Å². The number of benzene rings is 3. The fraction of sp³-hybridized carbons (Fsp3) is 0.273. The highest BCUT2D eigenvalue weighted by Crippen LogP contribution is 2.43. The summed E-state index contributed by atoms with van der Waals surface area (Å²) in [5, 5.41) is 15.8. The third-order valence-electron chi connectivity index (χ3n) is 7.29. The van der Waals surface area contributed by atoms with Gasteiger partial charge in [-0.15, -0.1) is 0 Å². The van der Waals surface area contributed by atoms with Crippen molar-refractivity contribution >= 4 is 21.7 Å². The smallest absolute Gasteiger partial charge is 0.220 e. The molecule has 5 nitrogen and oxygen atoms in total. The topological polar surface area (TPSA) is 58.5 Å². The lowest BCUT2D eigenvalue weighted by molar-refractivity contribution is 0.0660. The van der Waals surface area contributed by atoms with Crippen molar-refractivity contribution in [3.63, 3.8) is 0 Å². The monoisotopic (exact) mass is 505 g/mol. The van der Waals surface area contributed by atoms with Crippen molar-refractivity contribution in [3.05, 3.63) is 102 Å². The molecule has 0 saturated heterocycles. The van der Waals surface area contributed by atoms with Gasteiger partial charge >= 0.3 is 0 Å². The van der Waals surface area contributed by atoms with Crippen LogP contribution in [0.3, 0.4) is 0 Å². The van der Waals surface area contributed by atoms with E-state index in [2.05, 4.69) is 54.3 Å². The van der Waals surface area contributed by atoms with Gasteiger partial charge in [0, 0.05) is 23.3 Å². The van der Waals surface area contributed by atoms with Gasteiger partial charge < -0.3 is 14.7 Å². The number of unbranched alkanes of at least 4 members (excludes halogenated alkanes) is 2. The average molecular weight is 506 g/mol. The number of rotatable bonds is 10. The maximum Gasteiger partial charge on any atom is 0.220 e. The van der Waals surface area contributed by atoms with Crippen molar-refractivity contribution in [2.45, 2.75) is 31.3 Å². The first-order valence-electron chi connectivity index (χ1n) is 13.2. The standard InChI is InChI=1S/C33H35N3O2/c1-36(2)20-8-4-7-18-33(37,29-15-9-12-24-11-5-6-14-28(24)29)30-22-27-21-25(26-13-10-19-34-23-26)16-17-31(27)35-32(30)38-3/h5-6,9-17,19,21-23,37H,4,7-8,18,20H2,1-3H3. The number of methoxy groups -OCH3 is 1. The summed E-state index contributed by atoms with van der Waals surface area (Å²) < 4.78 is 5.82. The van der Waals surface area contributed by atoms with Crippen LogP contribution in [0.5, 0.6) is 5.88 Å². The molecule has 1 N–H and O–H groups in total. The Hall–Kier alpha value is -3.80. The molecule has 0 aliphatic rings. The first-order chi connectivity index (χ1) is 18.5. The van der Waals surface area contributed by atoms with E-state index in [-0.39, 0.29) is 0 Å². The Morgan fingerprint density at radius 3 is 2.45 bits per heavy atom. The van der Waals surface area contributed by atoms with Crippen LogP contribution in [0.15, 0.2) is 91.3 Å². The molecule has 0 aliphatic carbocycles. The van der Waals surface area contributed by atoms with Crippen LogP contribution >= 0.6 is 0 Å². The van der Waals surface area contributed by atoms with Crippen LogP contribution in [0.2, 0.25) is 0 Å². The Morgan fingerprint density at radius 1 is 0.816 bits per heavy atom. The number of fused-ring (bicyclic) bond motifs is 2. The van der Waals surface area contributed by atoms with E-state index >= 15 is 0 Å². The van der Waals surface area contributed by atoms with Crippen molar-refractivity contribution in [2.75, 3.05) is 27.7 Å². The highest BCUT2D eigenvalue weighted by atomic mass is 16.5. The number of hydrogen-bond acceptors (Lipinski definition) is 5. The van der Waals surface area contributed by atoms with E-state index in [4.69, 9.17) is 9.72 Å². The zero-order valence-corrected chi connectivity index (χ0v) is 22.4. The quantitative estimate of drug-likeness (QED) is 0.211. The lowest BCUT2D eigenvalue weighted by atomic mass is 9.79. The molecule has 0 spiro atoms. The second-order valence-electron chi connectivity index (χ2n) is 10.2. The van der Waals surface area contributed by atoms with Gasteiger partial charge in [0.25, 0.3) is 0 Å². The van der Waals surface area contributed by atoms with Gasteiger partial charge in [0.1, 0.15) is 5.60 Å². The Labute approximate surface area is 224 Å². The lowest BCUT2D eigenvalue weighted by Gasteiger charge is -2.32. The lowest BCUT2D eigenvalue weighted by Crippen LogP contribution is -2.29. The molecule has 38 heavy (non-hydrogen) atoms. The Morgan fingerprint density at radius 2 is 1.66 bits per heavy atom. The van der Waals surface area contributed by atoms with E-state index in [9.17, 15) is 5.11 Å². The largest absolute Gasteiger partial charge is 0.481 e. The molecule has 2 heterocycles. The van der Waals surface area contributed by atoms with E-state index in [1.165, 1.54) is 0 Å². The third kappa shape index (κ3) is 5.26. The fourth-order valence-corrected chi connectivity index (χ4v) is 5.31. The molecule has 3 aromatic carbocycles. The van der Waals surface area contributed by atoms with Crippen molar-refractivity contribution < 1.29 is 9.84 Å². The van der Waals surface area contributed by atoms with Crippen molar-refractivity contribution in [1.82, 2.24) is 14.9 Å². The van der Waals surface area contributed by atoms with E-state index in [0.29, 0.717) is 17.9 Å². The van der Waals surface area contributed by atoms with Crippen molar-refractivity contribution in [1.29, 1.82) is 0 Å². The summed E-state index contributed by atoms with van der Waals surface area (Å²) in [5.74, 6) is 0.454. The second kappa shape index (κ2) is 11.3. The van der Waals surface area contributed by atoms with Crippen LogP contribution in [0.25, 0.3) is 32.8 Å². The normalized spacial score (nSPS) is 13.2. The van der Waals surface area contributed by atoms with E-state index < -0.39 is 5.60 Å². The predicted molar refractivity (Wildman–Crippen MR) is 155 cm³/mol. The predicted octanol–water partition coefficient (Wildman–Crippen LogP) is 6.82. The Balaban J connectivity index is 1.65. The third-order valence-corrected chi connectivity index (χ3v) is 7.29. The summed E-state index contributed by atoms with van der Waals surface area (Å²) in [5.41, 5.74) is 3.23. The molecule has 0 amide bonds. The summed E-state index contributed by atoms with van der Waals surface area (Å²) in [6.45, 7) is 1.03. The molecule has 5 heteroatoms. The van der Waals surface area contributed by atoms with Gasteiger partial charge in [0.05, 0.1) is 18.2 Å². The van der Waals surface area contributed by atoms with Crippen LogP contribution in [-0.4, -0.2) is 47.7 Å². The van der Waals surface area contributed by atoms with Crippen molar-refractivity contribution in [3.8, 4) is 17.0 Å². The molecule has 2 aromatic heterocycles. The summed E-state index contributed by atoms with van der Waals surface area (Å²) in [7, 11) is 5.82. The van der Waals surface area contributed by atoms with E-state index in [1.54, 1.807) is 13.3 Å². The summed E-state index contributed by atoms with van der Waals surface area (Å²) >= 11 is 0. The summed E-state index contributed by atoms with van der Waals surface area (Å²) in [6, 6.07) is 26.6. The first kappa shape index (κ1) is 25.8. The number of ether oxygens (including phenoxy) is 1. The first-order valence-corrected chi connectivity index (χ1v) is 13.2. The number of aliphatic hydroxyl groups is 1. The molecule has 5 rings (SSSR count). The molecule has 1 atom stereocenters. The molecular formula is C33H35N3O2. The number of hydrogen-bond donors (Lipinski definition) is 1. The highest BCUT2D eigenvalue weighted by molar-refractivity contribution is 5.89. The van der Waals surface area contributed by atoms with Gasteiger partial charge in [0.15, 0.2) is 0 Å². The SMILES string of the molecule is COc1nc2ccc(-c3cccnc3)cc2cc1C(O)(CCCCCN(C)C)c1cccc2ccccc12. The van der Waals surface area contributed by atoms with Crippen molar-refractivity contribution in [2.24, 2.45) is 0 Å². The fourth-order valence-electron chi connectivity index (χ4n) is 5.31. The summed E-state index contributed by atoms with van der Waals surface area (Å²) in [6.07, 6.45) is 7.20. The van der Waals surface area contributed by atoms with E-state index in [0.717, 1.165) is 64.2 Å². The molecule has 5 aromatic rings. The molecule has 0 saturated carbocycles. The molecule has 0 aliphatic heterocycles. The number of aromatic nitrogens is 2. The minimum Gasteiger partial charge on any atom is -0.481 e. The molecule has 1 unspecified atom stereocenters. The van der Waals surface area contributed by atoms with Gasteiger partial charge in [-0.2, -0.15) is 0 Å². The Bertz CT molecular complexity index is 1530. The number of pyridine rings is 2. The average Bonchev–Trinajstić information content (AvgIpc) is 2.95. The second-order valence-corrected chi connectivity index (χ2v) is 10.2. The van der Waals surface area contributed by atoms with Gasteiger partial charge in [-0.25, -0.2) is 4.98 Å². The minimum atomic E-state index is -1.27. The maximum absolute atomic E-state index is 12.7.